The Kier molecular flexibility index (Phi) is 7.68. The molecule has 0 amide bonds. The van der Waals surface area contributed by atoms with Gasteiger partial charge in [0.15, 0.2) is 5.75 Å². The van der Waals surface area contributed by atoms with Gasteiger partial charge in [-0.05, 0) is 48.0 Å². The van der Waals surface area contributed by atoms with Crippen LogP contribution in [0.5, 0.6) is 5.75 Å². The predicted octanol–water partition coefficient (Wildman–Crippen LogP) is 7.13. The molecule has 0 fully saturated rings. The van der Waals surface area contributed by atoms with Gasteiger partial charge in [0.25, 0.3) is 5.56 Å². The van der Waals surface area contributed by atoms with Gasteiger partial charge >= 0.3 is 5.69 Å². The molecule has 0 spiro atoms. The van der Waals surface area contributed by atoms with Gasteiger partial charge in [0.05, 0.1) is 32.1 Å². The van der Waals surface area contributed by atoms with Gasteiger partial charge in [-0.1, -0.05) is 66.0 Å². The van der Waals surface area contributed by atoms with E-state index in [0.717, 1.165) is 4.47 Å². The Balaban J connectivity index is 1.69. The van der Waals surface area contributed by atoms with Crippen molar-refractivity contribution in [2.75, 3.05) is 0 Å². The third-order valence-corrected chi connectivity index (χ3v) is 6.59. The number of halogens is 3. The molecule has 0 aliphatic rings. The standard InChI is InChI=1S/C26H21BrCl2N4O4/c1-26(2,3)25-31-21-8-6-17(27)12-18(21)24(34)32(25)30-13-15-5-9-23(22(11-15)33(35)36)37-14-16-4-7-19(28)20(29)10-16/h4-13H,14H2,1-3H3. The summed E-state index contributed by atoms with van der Waals surface area (Å²) in [6.45, 7) is 5.84. The van der Waals surface area contributed by atoms with Gasteiger partial charge in [0.2, 0.25) is 0 Å². The van der Waals surface area contributed by atoms with Crippen molar-refractivity contribution in [1.29, 1.82) is 0 Å². The second-order valence-electron chi connectivity index (χ2n) is 9.23. The van der Waals surface area contributed by atoms with E-state index < -0.39 is 10.3 Å². The molecule has 0 aliphatic carbocycles. The van der Waals surface area contributed by atoms with E-state index >= 15 is 0 Å². The van der Waals surface area contributed by atoms with E-state index in [0.29, 0.717) is 37.9 Å². The van der Waals surface area contributed by atoms with E-state index in [4.69, 9.17) is 27.9 Å². The summed E-state index contributed by atoms with van der Waals surface area (Å²) in [5.74, 6) is 0.539. The molecule has 4 rings (SSSR count). The first-order valence-corrected chi connectivity index (χ1v) is 12.6. The minimum absolute atomic E-state index is 0.0633. The molecule has 11 heteroatoms. The fraction of sp³-hybridized carbons (Fsp3) is 0.192. The van der Waals surface area contributed by atoms with Crippen molar-refractivity contribution in [2.24, 2.45) is 5.10 Å². The van der Waals surface area contributed by atoms with Crippen LogP contribution in [0.1, 0.15) is 37.7 Å². The number of benzene rings is 3. The SMILES string of the molecule is CC(C)(C)c1nc2ccc(Br)cc2c(=O)n1N=Cc1ccc(OCc2ccc(Cl)c(Cl)c2)c([N+](=O)[O-])c1. The van der Waals surface area contributed by atoms with Gasteiger partial charge < -0.3 is 4.74 Å². The largest absolute Gasteiger partial charge is 0.482 e. The molecular formula is C26H21BrCl2N4O4. The number of ether oxygens (including phenoxy) is 1. The minimum Gasteiger partial charge on any atom is -0.482 e. The molecule has 0 atom stereocenters. The minimum atomic E-state index is -0.538. The average Bonchev–Trinajstić information content (AvgIpc) is 2.84. The van der Waals surface area contributed by atoms with Crippen molar-refractivity contribution in [1.82, 2.24) is 9.66 Å². The van der Waals surface area contributed by atoms with E-state index in [9.17, 15) is 14.9 Å². The second-order valence-corrected chi connectivity index (χ2v) is 11.0. The molecule has 37 heavy (non-hydrogen) atoms. The topological polar surface area (TPSA) is 99.6 Å². The van der Waals surface area contributed by atoms with Crippen molar-refractivity contribution >= 4 is 61.9 Å². The summed E-state index contributed by atoms with van der Waals surface area (Å²) in [5, 5.41) is 17.3. The number of aromatic nitrogens is 2. The van der Waals surface area contributed by atoms with Crippen LogP contribution in [0, 0.1) is 10.1 Å². The van der Waals surface area contributed by atoms with Gasteiger partial charge in [-0.25, -0.2) is 4.98 Å². The Morgan fingerprint density at radius 1 is 1.11 bits per heavy atom. The van der Waals surface area contributed by atoms with Gasteiger partial charge in [0, 0.05) is 21.5 Å². The molecule has 0 N–H and O–H groups in total. The summed E-state index contributed by atoms with van der Waals surface area (Å²) in [7, 11) is 0. The van der Waals surface area contributed by atoms with E-state index in [-0.39, 0.29) is 23.6 Å². The van der Waals surface area contributed by atoms with Crippen molar-refractivity contribution in [2.45, 2.75) is 32.8 Å². The van der Waals surface area contributed by atoms with Gasteiger partial charge in [-0.3, -0.25) is 14.9 Å². The van der Waals surface area contributed by atoms with Gasteiger partial charge in [-0.2, -0.15) is 9.78 Å². The van der Waals surface area contributed by atoms with E-state index in [1.165, 1.54) is 23.0 Å². The lowest BCUT2D eigenvalue weighted by Gasteiger charge is -2.20. The second kappa shape index (κ2) is 10.6. The molecule has 1 heterocycles. The molecule has 4 aromatic rings. The normalized spacial score (nSPS) is 11.8. The van der Waals surface area contributed by atoms with Crippen LogP contribution < -0.4 is 10.3 Å². The first-order valence-electron chi connectivity index (χ1n) is 11.1. The molecule has 0 saturated carbocycles. The third-order valence-electron chi connectivity index (χ3n) is 5.36. The van der Waals surface area contributed by atoms with Crippen LogP contribution in [0.4, 0.5) is 5.69 Å². The smallest absolute Gasteiger partial charge is 0.311 e. The van der Waals surface area contributed by atoms with Crippen LogP contribution in [0.15, 0.2) is 69.0 Å². The number of nitro groups is 1. The maximum atomic E-state index is 13.3. The molecule has 8 nitrogen and oxygen atoms in total. The summed E-state index contributed by atoms with van der Waals surface area (Å²) in [6.07, 6.45) is 1.39. The predicted molar refractivity (Wildman–Crippen MR) is 149 cm³/mol. The molecule has 0 unspecified atom stereocenters. The first kappa shape index (κ1) is 26.8. The zero-order valence-corrected chi connectivity index (χ0v) is 23.1. The molecule has 1 aromatic heterocycles. The monoisotopic (exact) mass is 602 g/mol. The van der Waals surface area contributed by atoms with Crippen LogP contribution >= 0.6 is 39.1 Å². The fourth-order valence-corrected chi connectivity index (χ4v) is 4.22. The highest BCUT2D eigenvalue weighted by Gasteiger charge is 2.23. The van der Waals surface area contributed by atoms with Crippen molar-refractivity contribution in [3.8, 4) is 5.75 Å². The molecule has 0 radical (unpaired) electrons. The van der Waals surface area contributed by atoms with Crippen LogP contribution in [0.25, 0.3) is 10.9 Å². The van der Waals surface area contributed by atoms with Crippen LogP contribution in [-0.2, 0) is 12.0 Å². The molecule has 0 saturated heterocycles. The lowest BCUT2D eigenvalue weighted by molar-refractivity contribution is -0.385. The Hall–Kier alpha value is -3.27. The van der Waals surface area contributed by atoms with E-state index in [2.05, 4.69) is 26.0 Å². The molecule has 190 valence electrons. The molecule has 0 aliphatic heterocycles. The summed E-state index contributed by atoms with van der Waals surface area (Å²) in [6, 6.07) is 14.7. The summed E-state index contributed by atoms with van der Waals surface area (Å²) in [5.41, 5.74) is 0.597. The number of hydrogen-bond acceptors (Lipinski definition) is 6. The average molecular weight is 604 g/mol. The van der Waals surface area contributed by atoms with Crippen LogP contribution in [-0.4, -0.2) is 20.8 Å². The van der Waals surface area contributed by atoms with Crippen molar-refractivity contribution < 1.29 is 9.66 Å². The Labute approximate surface area is 230 Å². The van der Waals surface area contributed by atoms with Crippen LogP contribution in [0.2, 0.25) is 10.0 Å². The lowest BCUT2D eigenvalue weighted by Crippen LogP contribution is -2.29. The number of nitrogens with zero attached hydrogens (tertiary/aromatic N) is 4. The van der Waals surface area contributed by atoms with Crippen molar-refractivity contribution in [3.63, 3.8) is 0 Å². The van der Waals surface area contributed by atoms with Crippen LogP contribution in [0.3, 0.4) is 0 Å². The molecule has 0 bridgehead atoms. The first-order chi connectivity index (χ1) is 17.4. The van der Waals surface area contributed by atoms with E-state index in [1.54, 1.807) is 36.4 Å². The Morgan fingerprint density at radius 3 is 2.54 bits per heavy atom. The van der Waals surface area contributed by atoms with E-state index in [1.807, 2.05) is 26.8 Å². The summed E-state index contributed by atoms with van der Waals surface area (Å²) in [4.78, 5) is 29.2. The van der Waals surface area contributed by atoms with Crippen molar-refractivity contribution in [3.05, 3.63) is 107 Å². The Bertz CT molecular complexity index is 1610. The number of hydrogen-bond donors (Lipinski definition) is 0. The number of fused-ring (bicyclic) bond motifs is 1. The summed E-state index contributed by atoms with van der Waals surface area (Å²) < 4.78 is 7.65. The van der Waals surface area contributed by atoms with Gasteiger partial charge in [0.1, 0.15) is 12.4 Å². The van der Waals surface area contributed by atoms with Gasteiger partial charge in [-0.15, -0.1) is 0 Å². The highest BCUT2D eigenvalue weighted by molar-refractivity contribution is 9.10. The third kappa shape index (κ3) is 6.01. The number of nitro benzene ring substituents is 1. The fourth-order valence-electron chi connectivity index (χ4n) is 3.54. The zero-order valence-electron chi connectivity index (χ0n) is 20.0. The Morgan fingerprint density at radius 2 is 1.86 bits per heavy atom. The summed E-state index contributed by atoms with van der Waals surface area (Å²) >= 11 is 15.4. The maximum Gasteiger partial charge on any atom is 0.311 e. The molecule has 3 aromatic carbocycles. The maximum absolute atomic E-state index is 13.3. The highest BCUT2D eigenvalue weighted by Crippen LogP contribution is 2.30. The lowest BCUT2D eigenvalue weighted by atomic mass is 9.95. The number of rotatable bonds is 6. The molecular weight excluding hydrogens is 583 g/mol. The zero-order chi connectivity index (χ0) is 26.9. The quantitative estimate of drug-likeness (QED) is 0.133. The highest BCUT2D eigenvalue weighted by atomic mass is 79.9.